The van der Waals surface area contributed by atoms with Gasteiger partial charge in [-0.2, -0.15) is 0 Å². The molecule has 1 aromatic rings. The lowest BCUT2D eigenvalue weighted by molar-refractivity contribution is -0.145. The molecule has 2 aliphatic rings. The van der Waals surface area contributed by atoms with Gasteiger partial charge in [0, 0.05) is 0 Å². The normalized spacial score (nSPS) is 32.3. The third-order valence-corrected chi connectivity index (χ3v) is 7.42. The van der Waals surface area contributed by atoms with Gasteiger partial charge in [0.05, 0.1) is 5.41 Å². The minimum Gasteiger partial charge on any atom is -0.481 e. The molecule has 26 heavy (non-hydrogen) atoms. The first-order valence-corrected chi connectivity index (χ1v) is 10.9. The Morgan fingerprint density at radius 3 is 2.08 bits per heavy atom. The maximum Gasteiger partial charge on any atom is 0.314 e. The van der Waals surface area contributed by atoms with Gasteiger partial charge in [-0.15, -0.1) is 0 Å². The molecule has 0 heterocycles. The first-order chi connectivity index (χ1) is 12.6. The zero-order valence-corrected chi connectivity index (χ0v) is 16.7. The van der Waals surface area contributed by atoms with Gasteiger partial charge < -0.3 is 5.11 Å². The summed E-state index contributed by atoms with van der Waals surface area (Å²) in [6.45, 7) is 4.53. The molecule has 2 nitrogen and oxygen atoms in total. The monoisotopic (exact) mass is 356 g/mol. The van der Waals surface area contributed by atoms with Crippen molar-refractivity contribution in [1.82, 2.24) is 0 Å². The molecule has 2 aliphatic carbocycles. The molecule has 1 aromatic carbocycles. The van der Waals surface area contributed by atoms with Crippen molar-refractivity contribution in [1.29, 1.82) is 0 Å². The molecule has 0 saturated heterocycles. The predicted octanol–water partition coefficient (Wildman–Crippen LogP) is 6.68. The van der Waals surface area contributed by atoms with Crippen molar-refractivity contribution < 1.29 is 9.90 Å². The molecule has 0 aliphatic heterocycles. The van der Waals surface area contributed by atoms with Crippen molar-refractivity contribution in [2.45, 2.75) is 95.8 Å². The highest BCUT2D eigenvalue weighted by atomic mass is 16.4. The molecule has 0 aromatic heterocycles. The molecule has 2 saturated carbocycles. The topological polar surface area (TPSA) is 37.3 Å². The summed E-state index contributed by atoms with van der Waals surface area (Å²) in [5.41, 5.74) is 1.80. The third-order valence-electron chi connectivity index (χ3n) is 7.42. The van der Waals surface area contributed by atoms with E-state index in [-0.39, 0.29) is 0 Å². The Labute approximate surface area is 159 Å². The van der Waals surface area contributed by atoms with Crippen LogP contribution in [0.4, 0.5) is 0 Å². The fraction of sp³-hybridized carbons (Fsp3) is 0.708. The van der Waals surface area contributed by atoms with Crippen molar-refractivity contribution >= 4 is 5.97 Å². The SMILES string of the molecule is CCCC1CCC(C(=O)O)(c2ccc(C3CCC(CC)CC3)cc2)CC1. The second kappa shape index (κ2) is 8.59. The van der Waals surface area contributed by atoms with E-state index in [0.29, 0.717) is 5.92 Å². The van der Waals surface area contributed by atoms with E-state index in [0.717, 1.165) is 43.1 Å². The molecular formula is C24H36O2. The average molecular weight is 357 g/mol. The van der Waals surface area contributed by atoms with Crippen LogP contribution in [0.1, 0.15) is 102 Å². The largest absolute Gasteiger partial charge is 0.481 e. The van der Waals surface area contributed by atoms with Crippen LogP contribution in [0.15, 0.2) is 24.3 Å². The predicted molar refractivity (Wildman–Crippen MR) is 108 cm³/mol. The highest BCUT2D eigenvalue weighted by molar-refractivity contribution is 5.81. The summed E-state index contributed by atoms with van der Waals surface area (Å²) >= 11 is 0. The zero-order valence-electron chi connectivity index (χ0n) is 16.7. The van der Waals surface area contributed by atoms with Crippen LogP contribution >= 0.6 is 0 Å². The molecule has 0 unspecified atom stereocenters. The zero-order chi connectivity index (χ0) is 18.6. The first-order valence-electron chi connectivity index (χ1n) is 10.9. The summed E-state index contributed by atoms with van der Waals surface area (Å²) in [5.74, 6) is 1.69. The van der Waals surface area contributed by atoms with Gasteiger partial charge in [-0.25, -0.2) is 0 Å². The van der Waals surface area contributed by atoms with Gasteiger partial charge in [-0.3, -0.25) is 4.79 Å². The molecule has 0 atom stereocenters. The van der Waals surface area contributed by atoms with Crippen LogP contribution in [-0.4, -0.2) is 11.1 Å². The molecule has 2 fully saturated rings. The van der Waals surface area contributed by atoms with Crippen LogP contribution in [0.25, 0.3) is 0 Å². The summed E-state index contributed by atoms with van der Waals surface area (Å²) in [6, 6.07) is 8.73. The van der Waals surface area contributed by atoms with Crippen molar-refractivity contribution in [3.05, 3.63) is 35.4 Å². The Bertz CT molecular complexity index is 573. The lowest BCUT2D eigenvalue weighted by Gasteiger charge is -2.37. The Morgan fingerprint density at radius 1 is 0.962 bits per heavy atom. The van der Waals surface area contributed by atoms with E-state index in [1.54, 1.807) is 0 Å². The second-order valence-electron chi connectivity index (χ2n) is 8.87. The Hall–Kier alpha value is -1.31. The lowest BCUT2D eigenvalue weighted by Crippen LogP contribution is -2.39. The van der Waals surface area contributed by atoms with Crippen molar-refractivity contribution in [3.8, 4) is 0 Å². The van der Waals surface area contributed by atoms with Crippen LogP contribution in [-0.2, 0) is 10.2 Å². The van der Waals surface area contributed by atoms with Gasteiger partial charge in [0.2, 0.25) is 0 Å². The summed E-state index contributed by atoms with van der Waals surface area (Å²) in [6.07, 6.45) is 12.8. The van der Waals surface area contributed by atoms with Crippen LogP contribution in [0.2, 0.25) is 0 Å². The Morgan fingerprint density at radius 2 is 1.58 bits per heavy atom. The maximum absolute atomic E-state index is 12.2. The van der Waals surface area contributed by atoms with E-state index in [2.05, 4.69) is 38.1 Å². The fourth-order valence-electron chi connectivity index (χ4n) is 5.47. The van der Waals surface area contributed by atoms with E-state index in [9.17, 15) is 9.90 Å². The van der Waals surface area contributed by atoms with Gasteiger partial charge in [0.15, 0.2) is 0 Å². The minimum atomic E-state index is -0.650. The molecular weight excluding hydrogens is 320 g/mol. The number of rotatable bonds is 6. The number of benzene rings is 1. The molecule has 2 heteroatoms. The molecule has 0 radical (unpaired) electrons. The van der Waals surface area contributed by atoms with Crippen LogP contribution < -0.4 is 0 Å². The molecule has 144 valence electrons. The quantitative estimate of drug-likeness (QED) is 0.617. The van der Waals surface area contributed by atoms with Gasteiger partial charge in [0.25, 0.3) is 0 Å². The number of hydrogen-bond donors (Lipinski definition) is 1. The minimum absolute atomic E-state index is 0.622. The number of carbonyl (C=O) groups is 1. The van der Waals surface area contributed by atoms with Gasteiger partial charge in [-0.05, 0) is 80.2 Å². The van der Waals surface area contributed by atoms with Gasteiger partial charge in [-0.1, -0.05) is 57.4 Å². The molecule has 3 rings (SSSR count). The van der Waals surface area contributed by atoms with Crippen molar-refractivity contribution in [3.63, 3.8) is 0 Å². The molecule has 0 bridgehead atoms. The first kappa shape index (κ1) is 19.5. The molecule has 0 spiro atoms. The lowest BCUT2D eigenvalue weighted by atomic mass is 9.65. The number of carboxylic acids is 1. The number of aliphatic carboxylic acids is 1. The molecule has 1 N–H and O–H groups in total. The van der Waals surface area contributed by atoms with Crippen molar-refractivity contribution in [2.24, 2.45) is 11.8 Å². The summed E-state index contributed by atoms with van der Waals surface area (Å²) in [5, 5.41) is 10.0. The number of carboxylic acid groups (broad SMARTS) is 1. The van der Waals surface area contributed by atoms with Crippen LogP contribution in [0.3, 0.4) is 0 Å². The average Bonchev–Trinajstić information content (AvgIpc) is 2.69. The Balaban J connectivity index is 1.71. The maximum atomic E-state index is 12.2. The highest BCUT2D eigenvalue weighted by Crippen LogP contribution is 2.44. The van der Waals surface area contributed by atoms with Gasteiger partial charge >= 0.3 is 5.97 Å². The van der Waals surface area contributed by atoms with E-state index in [4.69, 9.17) is 0 Å². The Kier molecular flexibility index (Phi) is 6.42. The summed E-state index contributed by atoms with van der Waals surface area (Å²) in [7, 11) is 0. The summed E-state index contributed by atoms with van der Waals surface area (Å²) < 4.78 is 0. The van der Waals surface area contributed by atoms with E-state index < -0.39 is 11.4 Å². The van der Waals surface area contributed by atoms with Crippen LogP contribution in [0, 0.1) is 11.8 Å². The van der Waals surface area contributed by atoms with Gasteiger partial charge in [0.1, 0.15) is 0 Å². The standard InChI is InChI=1S/C24H36O2/c1-3-5-19-14-16-24(17-15-19,23(25)26)22-12-10-21(11-13-22)20-8-6-18(4-2)7-9-20/h10-13,18-20H,3-9,14-17H2,1-2H3,(H,25,26). The highest BCUT2D eigenvalue weighted by Gasteiger charge is 2.43. The van der Waals surface area contributed by atoms with Crippen molar-refractivity contribution in [2.75, 3.05) is 0 Å². The van der Waals surface area contributed by atoms with Crippen LogP contribution in [0.5, 0.6) is 0 Å². The summed E-state index contributed by atoms with van der Waals surface area (Å²) in [4.78, 5) is 12.2. The van der Waals surface area contributed by atoms with E-state index >= 15 is 0 Å². The fourth-order valence-corrected chi connectivity index (χ4v) is 5.47. The molecule has 0 amide bonds. The second-order valence-corrected chi connectivity index (χ2v) is 8.87. The van der Waals surface area contributed by atoms with E-state index in [1.807, 2.05) is 0 Å². The number of hydrogen-bond acceptors (Lipinski definition) is 1. The smallest absolute Gasteiger partial charge is 0.314 e. The third kappa shape index (κ3) is 4.00. The van der Waals surface area contributed by atoms with E-state index in [1.165, 1.54) is 50.5 Å².